The standard InChI is InChI=1S/C20H19N3O5S/c1-12-9-14-10-13(7-8-17(14)23(12)29(2,26)27)18(24)11-28-20(25)19-15-5-3-4-6-16(15)21-22-19/h3-8,10,12H,9,11H2,1-2H3,(H,21,22)/t12-/m0/s1. The molecule has 0 amide bonds. The van der Waals surface area contributed by atoms with Crippen molar-refractivity contribution in [3.63, 3.8) is 0 Å². The molecule has 2 heterocycles. The second-order valence-corrected chi connectivity index (χ2v) is 8.93. The average molecular weight is 413 g/mol. The summed E-state index contributed by atoms with van der Waals surface area (Å²) in [5, 5.41) is 7.33. The Morgan fingerprint density at radius 3 is 2.76 bits per heavy atom. The van der Waals surface area contributed by atoms with Crippen LogP contribution in [-0.2, 0) is 21.2 Å². The van der Waals surface area contributed by atoms with Crippen molar-refractivity contribution in [1.82, 2.24) is 10.2 Å². The molecule has 0 spiro atoms. The van der Waals surface area contributed by atoms with Crippen LogP contribution in [0.1, 0.15) is 33.3 Å². The fourth-order valence-corrected chi connectivity index (χ4v) is 4.95. The lowest BCUT2D eigenvalue weighted by atomic mass is 10.0. The Kier molecular flexibility index (Phi) is 4.62. The third-order valence-corrected chi connectivity index (χ3v) is 6.18. The molecule has 150 valence electrons. The van der Waals surface area contributed by atoms with E-state index in [1.54, 1.807) is 36.4 Å². The monoisotopic (exact) mass is 413 g/mol. The summed E-state index contributed by atoms with van der Waals surface area (Å²) in [7, 11) is -3.39. The van der Waals surface area contributed by atoms with Gasteiger partial charge in [0.2, 0.25) is 10.0 Å². The van der Waals surface area contributed by atoms with Gasteiger partial charge in [0.1, 0.15) is 0 Å². The molecule has 2 aromatic carbocycles. The Bertz CT molecular complexity index is 1230. The highest BCUT2D eigenvalue weighted by molar-refractivity contribution is 7.92. The molecular weight excluding hydrogens is 394 g/mol. The predicted octanol–water partition coefficient (Wildman–Crippen LogP) is 2.31. The van der Waals surface area contributed by atoms with Crippen LogP contribution in [0, 0.1) is 0 Å². The van der Waals surface area contributed by atoms with Gasteiger partial charge in [-0.3, -0.25) is 14.2 Å². The molecular formula is C20H19N3O5S. The second-order valence-electron chi connectivity index (χ2n) is 7.07. The van der Waals surface area contributed by atoms with Gasteiger partial charge in [0.15, 0.2) is 18.1 Å². The summed E-state index contributed by atoms with van der Waals surface area (Å²) < 4.78 is 30.5. The van der Waals surface area contributed by atoms with Gasteiger partial charge in [0, 0.05) is 17.0 Å². The molecule has 3 aromatic rings. The van der Waals surface area contributed by atoms with Crippen molar-refractivity contribution < 1.29 is 22.7 Å². The number of H-pyrrole nitrogens is 1. The van der Waals surface area contributed by atoms with E-state index in [2.05, 4.69) is 10.2 Å². The molecule has 8 nitrogen and oxygen atoms in total. The number of anilines is 1. The van der Waals surface area contributed by atoms with Crippen molar-refractivity contribution in [1.29, 1.82) is 0 Å². The summed E-state index contributed by atoms with van der Waals surface area (Å²) in [5.74, 6) is -1.06. The van der Waals surface area contributed by atoms with Gasteiger partial charge in [-0.2, -0.15) is 5.10 Å². The smallest absolute Gasteiger partial charge is 0.359 e. The number of carbonyl (C=O) groups excluding carboxylic acids is 2. The number of benzene rings is 2. The third kappa shape index (κ3) is 3.49. The average Bonchev–Trinajstić information content (AvgIpc) is 3.24. The molecule has 0 saturated heterocycles. The SMILES string of the molecule is C[C@H]1Cc2cc(C(=O)COC(=O)c3n[nH]c4ccccc34)ccc2N1S(C)(=O)=O. The maximum absolute atomic E-state index is 12.5. The van der Waals surface area contributed by atoms with E-state index in [0.717, 1.165) is 11.8 Å². The molecule has 1 N–H and O–H groups in total. The summed E-state index contributed by atoms with van der Waals surface area (Å²) >= 11 is 0. The Morgan fingerprint density at radius 1 is 1.24 bits per heavy atom. The van der Waals surface area contributed by atoms with E-state index in [1.807, 2.05) is 13.0 Å². The molecule has 0 radical (unpaired) electrons. The molecule has 1 atom stereocenters. The zero-order valence-electron chi connectivity index (χ0n) is 15.9. The van der Waals surface area contributed by atoms with Crippen LogP contribution in [-0.4, -0.2) is 49.3 Å². The Hall–Kier alpha value is -3.20. The minimum Gasteiger partial charge on any atom is -0.452 e. The normalized spacial score (nSPS) is 16.1. The second kappa shape index (κ2) is 7.00. The first-order valence-electron chi connectivity index (χ1n) is 9.01. The van der Waals surface area contributed by atoms with Gasteiger partial charge >= 0.3 is 5.97 Å². The zero-order valence-corrected chi connectivity index (χ0v) is 16.7. The molecule has 1 aliphatic heterocycles. The molecule has 0 bridgehead atoms. The summed E-state index contributed by atoms with van der Waals surface area (Å²) in [6.45, 7) is 1.39. The number of para-hydroxylation sites is 1. The number of carbonyl (C=O) groups is 2. The molecule has 0 fully saturated rings. The number of hydrogen-bond acceptors (Lipinski definition) is 6. The van der Waals surface area contributed by atoms with Gasteiger partial charge < -0.3 is 4.74 Å². The van der Waals surface area contributed by atoms with Gasteiger partial charge in [-0.15, -0.1) is 0 Å². The Labute approximate surface area is 167 Å². The van der Waals surface area contributed by atoms with Crippen molar-refractivity contribution in [2.24, 2.45) is 0 Å². The van der Waals surface area contributed by atoms with Crippen LogP contribution < -0.4 is 4.31 Å². The van der Waals surface area contributed by atoms with Crippen LogP contribution in [0.25, 0.3) is 10.9 Å². The number of nitrogens with one attached hydrogen (secondary N) is 1. The topological polar surface area (TPSA) is 109 Å². The number of hydrogen-bond donors (Lipinski definition) is 1. The molecule has 9 heteroatoms. The van der Waals surface area contributed by atoms with Crippen LogP contribution in [0.2, 0.25) is 0 Å². The number of esters is 1. The van der Waals surface area contributed by atoms with Crippen molar-refractivity contribution in [3.8, 4) is 0 Å². The van der Waals surface area contributed by atoms with E-state index >= 15 is 0 Å². The lowest BCUT2D eigenvalue weighted by Gasteiger charge is -2.21. The first kappa shape index (κ1) is 19.1. The van der Waals surface area contributed by atoms with E-state index < -0.39 is 22.6 Å². The number of sulfonamides is 1. The summed E-state index contributed by atoms with van der Waals surface area (Å²) in [6, 6.07) is 11.8. The number of ketones is 1. The fraction of sp³-hybridized carbons (Fsp3) is 0.250. The Morgan fingerprint density at radius 2 is 2.00 bits per heavy atom. The first-order valence-corrected chi connectivity index (χ1v) is 10.9. The van der Waals surface area contributed by atoms with Gasteiger partial charge in [-0.05, 0) is 43.2 Å². The van der Waals surface area contributed by atoms with Crippen LogP contribution in [0.4, 0.5) is 5.69 Å². The number of Topliss-reactive ketones (excluding diaryl/α,β-unsaturated/α-hetero) is 1. The van der Waals surface area contributed by atoms with E-state index in [4.69, 9.17) is 4.74 Å². The minimum atomic E-state index is -3.39. The van der Waals surface area contributed by atoms with Gasteiger partial charge in [-0.25, -0.2) is 13.2 Å². The molecule has 0 unspecified atom stereocenters. The van der Waals surface area contributed by atoms with Crippen molar-refractivity contribution in [2.75, 3.05) is 17.2 Å². The highest BCUT2D eigenvalue weighted by atomic mass is 32.2. The number of aromatic nitrogens is 2. The maximum atomic E-state index is 12.5. The zero-order chi connectivity index (χ0) is 20.8. The van der Waals surface area contributed by atoms with Crippen LogP contribution >= 0.6 is 0 Å². The van der Waals surface area contributed by atoms with Crippen LogP contribution in [0.15, 0.2) is 42.5 Å². The molecule has 0 aliphatic carbocycles. The van der Waals surface area contributed by atoms with Gasteiger partial charge in [-0.1, -0.05) is 18.2 Å². The molecule has 0 saturated carbocycles. The number of fused-ring (bicyclic) bond motifs is 2. The quantitative estimate of drug-likeness (QED) is 0.508. The number of ether oxygens (including phenoxy) is 1. The molecule has 1 aliphatic rings. The number of rotatable bonds is 5. The third-order valence-electron chi connectivity index (χ3n) is 4.91. The summed E-state index contributed by atoms with van der Waals surface area (Å²) in [5.41, 5.74) is 2.55. The lowest BCUT2D eigenvalue weighted by Crippen LogP contribution is -2.34. The van der Waals surface area contributed by atoms with Gasteiger partial charge in [0.05, 0.1) is 17.5 Å². The van der Waals surface area contributed by atoms with E-state index in [-0.39, 0.29) is 17.5 Å². The Balaban J connectivity index is 1.49. The largest absolute Gasteiger partial charge is 0.452 e. The fourth-order valence-electron chi connectivity index (χ4n) is 3.68. The maximum Gasteiger partial charge on any atom is 0.359 e. The highest BCUT2D eigenvalue weighted by Gasteiger charge is 2.32. The number of nitrogens with zero attached hydrogens (tertiary/aromatic N) is 2. The van der Waals surface area contributed by atoms with Crippen molar-refractivity contribution >= 4 is 38.4 Å². The van der Waals surface area contributed by atoms with Crippen LogP contribution in [0.5, 0.6) is 0 Å². The van der Waals surface area contributed by atoms with Crippen molar-refractivity contribution in [2.45, 2.75) is 19.4 Å². The minimum absolute atomic E-state index is 0.125. The van der Waals surface area contributed by atoms with Crippen molar-refractivity contribution in [3.05, 3.63) is 59.3 Å². The van der Waals surface area contributed by atoms with E-state index in [0.29, 0.717) is 28.6 Å². The van der Waals surface area contributed by atoms with Crippen LogP contribution in [0.3, 0.4) is 0 Å². The highest BCUT2D eigenvalue weighted by Crippen LogP contribution is 2.34. The number of aromatic amines is 1. The van der Waals surface area contributed by atoms with E-state index in [9.17, 15) is 18.0 Å². The van der Waals surface area contributed by atoms with Gasteiger partial charge in [0.25, 0.3) is 0 Å². The summed E-state index contributed by atoms with van der Waals surface area (Å²) in [4.78, 5) is 24.8. The predicted molar refractivity (Wildman–Crippen MR) is 108 cm³/mol. The lowest BCUT2D eigenvalue weighted by molar-refractivity contribution is 0.0471. The first-order chi connectivity index (χ1) is 13.8. The summed E-state index contributed by atoms with van der Waals surface area (Å²) in [6.07, 6.45) is 1.68. The molecule has 1 aromatic heterocycles. The molecule has 4 rings (SSSR count). The molecule has 29 heavy (non-hydrogen) atoms. The van der Waals surface area contributed by atoms with E-state index in [1.165, 1.54) is 4.31 Å².